The van der Waals surface area contributed by atoms with Crippen molar-refractivity contribution in [1.29, 1.82) is 0 Å². The number of methoxy groups -OCH3 is 1. The van der Waals surface area contributed by atoms with Gasteiger partial charge >= 0.3 is 0 Å². The van der Waals surface area contributed by atoms with Gasteiger partial charge in [0.2, 0.25) is 0 Å². The highest BCUT2D eigenvalue weighted by atomic mass is 16.5. The van der Waals surface area contributed by atoms with Crippen LogP contribution in [0, 0.1) is 0 Å². The fourth-order valence-electron chi connectivity index (χ4n) is 9.81. The average molecular weight is 857 g/mol. The molecule has 11 rings (SSSR count). The summed E-state index contributed by atoms with van der Waals surface area (Å²) in [5.41, 5.74) is 17.5. The molecule has 8 aromatic carbocycles. The summed E-state index contributed by atoms with van der Waals surface area (Å²) in [7, 11) is 1.71. The Hall–Kier alpha value is -7.75. The van der Waals surface area contributed by atoms with Crippen LogP contribution in [0.5, 0.6) is 5.75 Å². The fraction of sp³-hybridized carbons (Fsp3) is 0.127. The highest BCUT2D eigenvalue weighted by Gasteiger charge is 2.46. The third kappa shape index (κ3) is 7.92. The molecule has 3 heteroatoms. The number of ether oxygens (including phenoxy) is 1. The molecule has 0 aliphatic heterocycles. The van der Waals surface area contributed by atoms with Gasteiger partial charge in [0.25, 0.3) is 0 Å². The maximum absolute atomic E-state index is 5.57. The topological polar surface area (TPSA) is 25.4 Å². The van der Waals surface area contributed by atoms with E-state index in [1.807, 2.05) is 58.2 Å². The van der Waals surface area contributed by atoms with Crippen molar-refractivity contribution in [2.75, 3.05) is 12.0 Å². The van der Waals surface area contributed by atoms with E-state index in [0.717, 1.165) is 46.9 Å². The van der Waals surface area contributed by atoms with Gasteiger partial charge in [-0.05, 0) is 142 Å². The van der Waals surface area contributed by atoms with E-state index in [2.05, 4.69) is 199 Å². The molecule has 0 N–H and O–H groups in total. The summed E-state index contributed by atoms with van der Waals surface area (Å²) < 4.78 is 5.57. The zero-order valence-electron chi connectivity index (χ0n) is 38.6. The van der Waals surface area contributed by atoms with E-state index in [1.54, 1.807) is 7.11 Å². The molecule has 0 radical (unpaired) electrons. The monoisotopic (exact) mass is 856 g/mol. The summed E-state index contributed by atoms with van der Waals surface area (Å²) in [6, 6.07) is 71.0. The van der Waals surface area contributed by atoms with Crippen LogP contribution in [0.25, 0.3) is 50.4 Å². The molecule has 0 amide bonds. The summed E-state index contributed by atoms with van der Waals surface area (Å²) in [5, 5.41) is 2.39. The summed E-state index contributed by atoms with van der Waals surface area (Å²) >= 11 is 0. The molecular formula is C63H56N2O. The normalized spacial score (nSPS) is 12.8. The van der Waals surface area contributed by atoms with Crippen molar-refractivity contribution in [3.05, 3.63) is 252 Å². The molecule has 0 saturated carbocycles. The van der Waals surface area contributed by atoms with Crippen molar-refractivity contribution >= 4 is 33.9 Å². The molecule has 1 heterocycles. The molecule has 3 nitrogen and oxygen atoms in total. The van der Waals surface area contributed by atoms with Gasteiger partial charge in [-0.15, -0.1) is 0 Å². The predicted octanol–water partition coefficient (Wildman–Crippen LogP) is 17.0. The van der Waals surface area contributed by atoms with Gasteiger partial charge < -0.3 is 9.64 Å². The predicted molar refractivity (Wildman–Crippen MR) is 280 cm³/mol. The first-order valence-corrected chi connectivity index (χ1v) is 23.3. The number of hydrogen-bond acceptors (Lipinski definition) is 3. The van der Waals surface area contributed by atoms with Crippen molar-refractivity contribution in [1.82, 2.24) is 4.98 Å². The first-order valence-electron chi connectivity index (χ1n) is 23.3. The number of anilines is 3. The lowest BCUT2D eigenvalue weighted by Gasteiger charge is -2.35. The molecule has 0 unspecified atom stereocenters. The second-order valence-electron chi connectivity index (χ2n) is 16.4. The molecule has 0 atom stereocenters. The SMILES string of the molecule is C/C=C\C.CC.COc1ccc(N(c2ccc(C3(c4cccc(-c5ccc(-c6nccc7c6CCC=C7)cc5)c4)c4ccccc4-c4ccccc43)cc2)c2cccc3ccccc23)cc1. The number of rotatable bonds is 8. The summed E-state index contributed by atoms with van der Waals surface area (Å²) in [6.07, 6.45) is 12.5. The molecule has 0 spiro atoms. The van der Waals surface area contributed by atoms with Gasteiger partial charge in [0.05, 0.1) is 23.9 Å². The molecular weight excluding hydrogens is 801 g/mol. The first kappa shape index (κ1) is 43.5. The maximum Gasteiger partial charge on any atom is 0.119 e. The minimum Gasteiger partial charge on any atom is -0.497 e. The average Bonchev–Trinajstić information content (AvgIpc) is 3.71. The van der Waals surface area contributed by atoms with Crippen molar-refractivity contribution in [3.8, 4) is 39.3 Å². The molecule has 0 bridgehead atoms. The van der Waals surface area contributed by atoms with Gasteiger partial charge in [-0.2, -0.15) is 0 Å². The van der Waals surface area contributed by atoms with Crippen LogP contribution < -0.4 is 9.64 Å². The Balaban J connectivity index is 0.000000868. The third-order valence-electron chi connectivity index (χ3n) is 12.9. The second-order valence-corrected chi connectivity index (χ2v) is 16.4. The van der Waals surface area contributed by atoms with E-state index < -0.39 is 5.41 Å². The number of hydrogen-bond donors (Lipinski definition) is 0. The van der Waals surface area contributed by atoms with Gasteiger partial charge in [0, 0.05) is 28.5 Å². The van der Waals surface area contributed by atoms with E-state index in [-0.39, 0.29) is 0 Å². The van der Waals surface area contributed by atoms with E-state index in [1.165, 1.54) is 66.4 Å². The highest BCUT2D eigenvalue weighted by Crippen LogP contribution is 2.56. The van der Waals surface area contributed by atoms with Gasteiger partial charge in [-0.3, -0.25) is 4.98 Å². The van der Waals surface area contributed by atoms with Crippen molar-refractivity contribution in [2.24, 2.45) is 0 Å². The van der Waals surface area contributed by atoms with Crippen LogP contribution in [-0.4, -0.2) is 12.1 Å². The van der Waals surface area contributed by atoms with Gasteiger partial charge in [0.1, 0.15) is 5.75 Å². The molecule has 9 aromatic rings. The number of fused-ring (bicyclic) bond motifs is 5. The van der Waals surface area contributed by atoms with E-state index >= 15 is 0 Å². The molecule has 324 valence electrons. The lowest BCUT2D eigenvalue weighted by molar-refractivity contribution is 0.415. The lowest BCUT2D eigenvalue weighted by Crippen LogP contribution is -2.28. The van der Waals surface area contributed by atoms with Gasteiger partial charge in [-0.1, -0.05) is 178 Å². The van der Waals surface area contributed by atoms with Crippen LogP contribution in [0.1, 0.15) is 67.5 Å². The van der Waals surface area contributed by atoms with Gasteiger partial charge in [0.15, 0.2) is 0 Å². The zero-order chi connectivity index (χ0) is 45.5. The Kier molecular flexibility index (Phi) is 12.9. The minimum atomic E-state index is -0.549. The summed E-state index contributed by atoms with van der Waals surface area (Å²) in [6.45, 7) is 8.00. The molecule has 0 saturated heterocycles. The lowest BCUT2D eigenvalue weighted by atomic mass is 9.67. The number of nitrogens with zero attached hydrogens (tertiary/aromatic N) is 2. The number of benzene rings is 8. The van der Waals surface area contributed by atoms with Crippen molar-refractivity contribution in [3.63, 3.8) is 0 Å². The second kappa shape index (κ2) is 19.6. The van der Waals surface area contributed by atoms with Crippen LogP contribution in [0.2, 0.25) is 0 Å². The summed E-state index contributed by atoms with van der Waals surface area (Å²) in [4.78, 5) is 7.20. The largest absolute Gasteiger partial charge is 0.497 e. The van der Waals surface area contributed by atoms with Crippen LogP contribution in [0.15, 0.2) is 219 Å². The van der Waals surface area contributed by atoms with Crippen molar-refractivity contribution < 1.29 is 4.74 Å². The van der Waals surface area contributed by atoms with Crippen LogP contribution in [0.4, 0.5) is 17.1 Å². The van der Waals surface area contributed by atoms with E-state index in [4.69, 9.17) is 9.72 Å². The Labute approximate surface area is 391 Å². The Morgan fingerprint density at radius 1 is 0.561 bits per heavy atom. The zero-order valence-corrected chi connectivity index (χ0v) is 38.6. The molecule has 66 heavy (non-hydrogen) atoms. The molecule has 0 fully saturated rings. The number of aromatic nitrogens is 1. The van der Waals surface area contributed by atoms with Crippen molar-refractivity contribution in [2.45, 2.75) is 46.0 Å². The van der Waals surface area contributed by atoms with E-state index in [9.17, 15) is 0 Å². The van der Waals surface area contributed by atoms with Crippen LogP contribution >= 0.6 is 0 Å². The summed E-state index contributed by atoms with van der Waals surface area (Å²) in [5.74, 6) is 0.829. The maximum atomic E-state index is 5.57. The number of pyridine rings is 1. The van der Waals surface area contributed by atoms with E-state index in [0.29, 0.717) is 0 Å². The molecule has 1 aromatic heterocycles. The standard InChI is InChI=1S/C57H42N2O.C4H8.C2H6/c1-60-48-34-32-47(33-35-48)59(55-23-11-14-40-12-2-4-17-49(40)55)46-30-28-44(29-31-46)57(53-21-8-6-19-51(53)52-20-7-9-22-54(52)57)45-16-10-15-43(38-45)39-24-26-42(27-25-39)56-50-18-5-3-13-41(50)36-37-58-56;1-3-4-2;1-2/h2-4,6-17,19-38H,5,18H2,1H3;3-4H,1-2H3;1-2H3/b;4-3-;. The molecule has 2 aliphatic carbocycles. The van der Waals surface area contributed by atoms with Crippen LogP contribution in [0.3, 0.4) is 0 Å². The van der Waals surface area contributed by atoms with Crippen LogP contribution in [-0.2, 0) is 11.8 Å². The minimum absolute atomic E-state index is 0.549. The van der Waals surface area contributed by atoms with Gasteiger partial charge in [-0.25, -0.2) is 0 Å². The third-order valence-corrected chi connectivity index (χ3v) is 12.9. The highest BCUT2D eigenvalue weighted by molar-refractivity contribution is 5.99. The number of allylic oxidation sites excluding steroid dienone is 3. The Morgan fingerprint density at radius 3 is 1.85 bits per heavy atom. The first-order chi connectivity index (χ1) is 32.6. The fourth-order valence-corrected chi connectivity index (χ4v) is 9.81. The molecule has 2 aliphatic rings. The Bertz CT molecular complexity index is 3100. The quantitative estimate of drug-likeness (QED) is 0.142. The Morgan fingerprint density at radius 2 is 1.17 bits per heavy atom. The smallest absolute Gasteiger partial charge is 0.119 e.